The van der Waals surface area contributed by atoms with Crippen LogP contribution in [0.5, 0.6) is 0 Å². The summed E-state index contributed by atoms with van der Waals surface area (Å²) in [5, 5.41) is 0. The Morgan fingerprint density at radius 3 is 2.38 bits per heavy atom. The zero-order valence-corrected chi connectivity index (χ0v) is 21.8. The normalized spacial score (nSPS) is 18.2. The van der Waals surface area contributed by atoms with Gasteiger partial charge >= 0.3 is 0 Å². The molecule has 0 spiro atoms. The number of rotatable bonds is 9. The Balaban J connectivity index is 1.43. The summed E-state index contributed by atoms with van der Waals surface area (Å²) in [6.07, 6.45) is 6.65. The van der Waals surface area contributed by atoms with Crippen molar-refractivity contribution in [2.75, 3.05) is 6.61 Å². The number of carbonyl (C=O) groups excluding carboxylic acids is 1. The number of ether oxygens (including phenoxy) is 2. The van der Waals surface area contributed by atoms with Gasteiger partial charge in [-0.1, -0.05) is 73.0 Å². The summed E-state index contributed by atoms with van der Waals surface area (Å²) in [5.74, 6) is 1.12. The topological polar surface area (TPSA) is 35.5 Å². The van der Waals surface area contributed by atoms with E-state index in [1.165, 1.54) is 33.4 Å². The van der Waals surface area contributed by atoms with E-state index >= 15 is 0 Å². The first kappa shape index (κ1) is 25.0. The van der Waals surface area contributed by atoms with Gasteiger partial charge in [0.15, 0.2) is 12.1 Å². The van der Waals surface area contributed by atoms with E-state index in [0.29, 0.717) is 5.56 Å². The molecule has 0 N–H and O–H groups in total. The summed E-state index contributed by atoms with van der Waals surface area (Å²) in [7, 11) is 0. The minimum absolute atomic E-state index is 0.0567. The lowest BCUT2D eigenvalue weighted by atomic mass is 9.90. The zero-order chi connectivity index (χ0) is 25.8. The fourth-order valence-electron chi connectivity index (χ4n) is 5.43. The predicted octanol–water partition coefficient (Wildman–Crippen LogP) is 8.45. The van der Waals surface area contributed by atoms with Gasteiger partial charge in [0.05, 0.1) is 6.61 Å². The first-order valence-corrected chi connectivity index (χ1v) is 13.3. The Bertz CT molecular complexity index is 1370. The van der Waals surface area contributed by atoms with Crippen LogP contribution in [0.4, 0.5) is 0 Å². The number of fused-ring (bicyclic) bond motifs is 3. The molecule has 188 valence electrons. The molecule has 1 heterocycles. The van der Waals surface area contributed by atoms with Gasteiger partial charge in [-0.05, 0) is 78.6 Å². The number of hydrogen-bond acceptors (Lipinski definition) is 3. The highest BCUT2D eigenvalue weighted by Gasteiger charge is 2.30. The number of ketones is 1. The van der Waals surface area contributed by atoms with Crippen molar-refractivity contribution in [2.45, 2.75) is 58.2 Å². The minimum Gasteiger partial charge on any atom is -0.461 e. The van der Waals surface area contributed by atoms with Crippen molar-refractivity contribution in [3.63, 3.8) is 0 Å². The standard InChI is InChI=1S/C34H34O3/c1-4-23(3)25-16-18-29-28(14-9-13-27(5-2)37-33-15-10-20-36-33)30-19-17-26(22-32(30)31(29)21-25)34(35)24-11-7-6-8-12-24/h4,6-8,11-12,16-19,21-22,28,33H,2,9-10,13-15,20H2,1,3H3/b23-4+. The highest BCUT2D eigenvalue weighted by atomic mass is 16.7. The van der Waals surface area contributed by atoms with Crippen LogP contribution in [0.3, 0.4) is 0 Å². The van der Waals surface area contributed by atoms with Crippen LogP contribution in [0, 0.1) is 0 Å². The zero-order valence-electron chi connectivity index (χ0n) is 21.8. The van der Waals surface area contributed by atoms with Gasteiger partial charge in [-0.2, -0.15) is 0 Å². The molecule has 0 radical (unpaired) electrons. The summed E-state index contributed by atoms with van der Waals surface area (Å²) in [6.45, 7) is 8.80. The highest BCUT2D eigenvalue weighted by Crippen LogP contribution is 2.48. The minimum atomic E-state index is -0.161. The maximum absolute atomic E-state index is 13.2. The Hall–Kier alpha value is -3.65. The van der Waals surface area contributed by atoms with Crippen molar-refractivity contribution < 1.29 is 14.3 Å². The van der Waals surface area contributed by atoms with Gasteiger partial charge in [0.1, 0.15) is 5.76 Å². The van der Waals surface area contributed by atoms with E-state index < -0.39 is 0 Å². The van der Waals surface area contributed by atoms with Crippen molar-refractivity contribution in [1.82, 2.24) is 0 Å². The summed E-state index contributed by atoms with van der Waals surface area (Å²) >= 11 is 0. The van der Waals surface area contributed by atoms with E-state index in [1.54, 1.807) is 0 Å². The van der Waals surface area contributed by atoms with Crippen LogP contribution in [0.2, 0.25) is 0 Å². The molecule has 1 saturated heterocycles. The van der Waals surface area contributed by atoms with Gasteiger partial charge < -0.3 is 9.47 Å². The van der Waals surface area contributed by atoms with Crippen LogP contribution in [0.1, 0.15) is 84.5 Å². The molecule has 0 saturated carbocycles. The van der Waals surface area contributed by atoms with Gasteiger partial charge in [-0.15, -0.1) is 0 Å². The molecule has 0 bridgehead atoms. The number of hydrogen-bond donors (Lipinski definition) is 0. The summed E-state index contributed by atoms with van der Waals surface area (Å²) < 4.78 is 11.6. The summed E-state index contributed by atoms with van der Waals surface area (Å²) in [4.78, 5) is 13.2. The van der Waals surface area contributed by atoms with E-state index in [9.17, 15) is 4.79 Å². The molecule has 2 unspecified atom stereocenters. The maximum atomic E-state index is 13.2. The molecule has 2 aliphatic rings. The van der Waals surface area contributed by atoms with E-state index in [0.717, 1.165) is 50.0 Å². The monoisotopic (exact) mass is 490 g/mol. The van der Waals surface area contributed by atoms with E-state index in [2.05, 4.69) is 62.6 Å². The number of benzene rings is 3. The fourth-order valence-corrected chi connectivity index (χ4v) is 5.43. The molecular weight excluding hydrogens is 456 g/mol. The first-order valence-electron chi connectivity index (χ1n) is 13.3. The first-order chi connectivity index (χ1) is 18.1. The lowest BCUT2D eigenvalue weighted by Crippen LogP contribution is -2.10. The van der Waals surface area contributed by atoms with Crippen LogP contribution < -0.4 is 0 Å². The van der Waals surface area contributed by atoms with Crippen LogP contribution in [0.15, 0.2) is 90.9 Å². The third kappa shape index (κ3) is 5.25. The van der Waals surface area contributed by atoms with Crippen molar-refractivity contribution in [2.24, 2.45) is 0 Å². The van der Waals surface area contributed by atoms with Gasteiger partial charge in [0.25, 0.3) is 0 Å². The molecule has 1 fully saturated rings. The molecule has 0 aromatic heterocycles. The number of allylic oxidation sites excluding steroid dienone is 3. The maximum Gasteiger partial charge on any atom is 0.200 e. The molecule has 1 aliphatic carbocycles. The molecule has 0 amide bonds. The van der Waals surface area contributed by atoms with Crippen LogP contribution in [-0.4, -0.2) is 18.7 Å². The second-order valence-electron chi connectivity index (χ2n) is 9.88. The van der Waals surface area contributed by atoms with Gasteiger partial charge in [-0.25, -0.2) is 0 Å². The average Bonchev–Trinajstić information content (AvgIpc) is 3.57. The second-order valence-corrected chi connectivity index (χ2v) is 9.88. The predicted molar refractivity (Wildman–Crippen MR) is 149 cm³/mol. The molecule has 5 rings (SSSR count). The Labute approximate surface area is 220 Å². The van der Waals surface area contributed by atoms with Crippen LogP contribution >= 0.6 is 0 Å². The van der Waals surface area contributed by atoms with Crippen LogP contribution in [-0.2, 0) is 9.47 Å². The molecule has 37 heavy (non-hydrogen) atoms. The molecule has 3 heteroatoms. The van der Waals surface area contributed by atoms with Crippen LogP contribution in [0.25, 0.3) is 16.7 Å². The lowest BCUT2D eigenvalue weighted by Gasteiger charge is -2.17. The Morgan fingerprint density at radius 1 is 1.03 bits per heavy atom. The summed E-state index contributed by atoms with van der Waals surface area (Å²) in [5.41, 5.74) is 11.9. The lowest BCUT2D eigenvalue weighted by molar-refractivity contribution is -0.0824. The van der Waals surface area contributed by atoms with E-state index in [-0.39, 0.29) is 18.0 Å². The fraction of sp³-hybridized carbons (Fsp3) is 0.294. The van der Waals surface area contributed by atoms with E-state index in [1.807, 2.05) is 36.4 Å². The van der Waals surface area contributed by atoms with Gasteiger partial charge in [-0.3, -0.25) is 4.79 Å². The summed E-state index contributed by atoms with van der Waals surface area (Å²) in [6, 6.07) is 22.5. The van der Waals surface area contributed by atoms with Gasteiger partial charge in [0, 0.05) is 29.9 Å². The average molecular weight is 491 g/mol. The molecule has 1 aliphatic heterocycles. The van der Waals surface area contributed by atoms with Gasteiger partial charge in [0.2, 0.25) is 0 Å². The Morgan fingerprint density at radius 2 is 1.73 bits per heavy atom. The molecule has 3 aromatic carbocycles. The third-order valence-corrected chi connectivity index (χ3v) is 7.59. The molecule has 3 nitrogen and oxygen atoms in total. The SMILES string of the molecule is C=C=C(CCCC1c2ccc(C(=O)c3ccccc3)cc2-c2cc(/C(C)=C/C)ccc21)OC1CCCO1. The van der Waals surface area contributed by atoms with E-state index in [4.69, 9.17) is 9.47 Å². The van der Waals surface area contributed by atoms with Crippen molar-refractivity contribution in [1.29, 1.82) is 0 Å². The van der Waals surface area contributed by atoms with Crippen molar-refractivity contribution >= 4 is 11.4 Å². The third-order valence-electron chi connectivity index (χ3n) is 7.59. The second kappa shape index (κ2) is 11.2. The molecular formula is C34H34O3. The van der Waals surface area contributed by atoms with Crippen molar-refractivity contribution in [3.05, 3.63) is 119 Å². The quantitative estimate of drug-likeness (QED) is 0.171. The highest BCUT2D eigenvalue weighted by molar-refractivity contribution is 6.09. The molecule has 3 aromatic rings. The Kier molecular flexibility index (Phi) is 7.55. The smallest absolute Gasteiger partial charge is 0.200 e. The number of carbonyl (C=O) groups is 1. The largest absolute Gasteiger partial charge is 0.461 e. The van der Waals surface area contributed by atoms with Crippen molar-refractivity contribution in [3.8, 4) is 11.1 Å². The molecule has 2 atom stereocenters.